The van der Waals surface area contributed by atoms with Gasteiger partial charge in [-0.05, 0) is 13.8 Å². The molecule has 1 rings (SSSR count). The van der Waals surface area contributed by atoms with Crippen molar-refractivity contribution in [3.05, 3.63) is 11.9 Å². The van der Waals surface area contributed by atoms with E-state index in [0.717, 1.165) is 17.9 Å². The SMILES string of the molecule is CCNc1ncnc(NCC(=O)NC)c1C. The molecule has 0 aliphatic carbocycles. The summed E-state index contributed by atoms with van der Waals surface area (Å²) in [5.74, 6) is 1.38. The quantitative estimate of drug-likeness (QED) is 0.672. The van der Waals surface area contributed by atoms with Gasteiger partial charge in [0.2, 0.25) is 5.91 Å². The van der Waals surface area contributed by atoms with E-state index in [9.17, 15) is 4.79 Å². The predicted molar refractivity (Wildman–Crippen MR) is 63.5 cm³/mol. The highest BCUT2D eigenvalue weighted by Gasteiger charge is 2.06. The van der Waals surface area contributed by atoms with E-state index in [1.807, 2.05) is 13.8 Å². The zero-order valence-electron chi connectivity index (χ0n) is 9.79. The molecule has 0 aliphatic rings. The van der Waals surface area contributed by atoms with Crippen molar-refractivity contribution in [3.63, 3.8) is 0 Å². The van der Waals surface area contributed by atoms with Crippen LogP contribution in [0.25, 0.3) is 0 Å². The van der Waals surface area contributed by atoms with Crippen molar-refractivity contribution in [2.75, 3.05) is 30.8 Å². The Kier molecular flexibility index (Phi) is 4.50. The third-order valence-corrected chi connectivity index (χ3v) is 2.12. The number of amides is 1. The number of hydrogen-bond donors (Lipinski definition) is 3. The largest absolute Gasteiger partial charge is 0.370 e. The van der Waals surface area contributed by atoms with Crippen molar-refractivity contribution in [3.8, 4) is 0 Å². The number of anilines is 2. The summed E-state index contributed by atoms with van der Waals surface area (Å²) >= 11 is 0. The summed E-state index contributed by atoms with van der Waals surface area (Å²) < 4.78 is 0. The summed E-state index contributed by atoms with van der Waals surface area (Å²) in [7, 11) is 1.60. The Hall–Kier alpha value is -1.85. The fourth-order valence-electron chi connectivity index (χ4n) is 1.23. The minimum atomic E-state index is -0.0805. The van der Waals surface area contributed by atoms with E-state index in [1.165, 1.54) is 6.33 Å². The van der Waals surface area contributed by atoms with Crippen LogP contribution in [0.3, 0.4) is 0 Å². The zero-order valence-corrected chi connectivity index (χ0v) is 9.79. The van der Waals surface area contributed by atoms with Crippen LogP contribution in [-0.2, 0) is 4.79 Å². The number of nitrogens with one attached hydrogen (secondary N) is 3. The molecule has 1 amide bonds. The molecule has 6 nitrogen and oxygen atoms in total. The molecule has 0 bridgehead atoms. The predicted octanol–water partition coefficient (Wildman–Crippen LogP) is 0.375. The van der Waals surface area contributed by atoms with Crippen LogP contribution in [0.15, 0.2) is 6.33 Å². The van der Waals surface area contributed by atoms with Crippen LogP contribution in [0.4, 0.5) is 11.6 Å². The third kappa shape index (κ3) is 3.08. The van der Waals surface area contributed by atoms with E-state index in [2.05, 4.69) is 25.9 Å². The van der Waals surface area contributed by atoms with E-state index >= 15 is 0 Å². The van der Waals surface area contributed by atoms with Gasteiger partial charge >= 0.3 is 0 Å². The fraction of sp³-hybridized carbons (Fsp3) is 0.500. The van der Waals surface area contributed by atoms with Gasteiger partial charge in [0.05, 0.1) is 6.54 Å². The van der Waals surface area contributed by atoms with Gasteiger partial charge in [-0.15, -0.1) is 0 Å². The van der Waals surface area contributed by atoms with E-state index in [1.54, 1.807) is 7.05 Å². The van der Waals surface area contributed by atoms with Gasteiger partial charge in [0, 0.05) is 19.2 Å². The summed E-state index contributed by atoms with van der Waals surface area (Å²) in [5.41, 5.74) is 0.910. The molecule has 0 atom stereocenters. The molecule has 6 heteroatoms. The molecule has 1 aromatic rings. The van der Waals surface area contributed by atoms with E-state index < -0.39 is 0 Å². The minimum absolute atomic E-state index is 0.0805. The molecular weight excluding hydrogens is 206 g/mol. The monoisotopic (exact) mass is 223 g/mol. The normalized spacial score (nSPS) is 9.69. The molecule has 0 unspecified atom stereocenters. The van der Waals surface area contributed by atoms with E-state index in [4.69, 9.17) is 0 Å². The Bertz CT molecular complexity index is 366. The van der Waals surface area contributed by atoms with Crippen molar-refractivity contribution in [2.45, 2.75) is 13.8 Å². The molecule has 0 saturated carbocycles. The maximum atomic E-state index is 11.1. The van der Waals surface area contributed by atoms with Gasteiger partial charge in [-0.3, -0.25) is 4.79 Å². The molecule has 0 aromatic carbocycles. The number of rotatable bonds is 5. The second-order valence-corrected chi connectivity index (χ2v) is 3.25. The van der Waals surface area contributed by atoms with Gasteiger partial charge in [-0.2, -0.15) is 0 Å². The first-order valence-corrected chi connectivity index (χ1v) is 5.19. The lowest BCUT2D eigenvalue weighted by Gasteiger charge is -2.11. The maximum Gasteiger partial charge on any atom is 0.239 e. The molecular formula is C10H17N5O. The standard InChI is InChI=1S/C10H17N5O/c1-4-12-9-7(2)10(15-6-14-9)13-5-8(16)11-3/h6H,4-5H2,1-3H3,(H,11,16)(H2,12,13,14,15). The van der Waals surface area contributed by atoms with Crippen molar-refractivity contribution >= 4 is 17.5 Å². The summed E-state index contributed by atoms with van der Waals surface area (Å²) in [4.78, 5) is 19.3. The van der Waals surface area contributed by atoms with Crippen LogP contribution in [0.5, 0.6) is 0 Å². The van der Waals surface area contributed by atoms with E-state index in [0.29, 0.717) is 5.82 Å². The van der Waals surface area contributed by atoms with Crippen molar-refractivity contribution in [2.24, 2.45) is 0 Å². The summed E-state index contributed by atoms with van der Waals surface area (Å²) in [5, 5.41) is 8.62. The van der Waals surface area contributed by atoms with Crippen molar-refractivity contribution < 1.29 is 4.79 Å². The van der Waals surface area contributed by atoms with Gasteiger partial charge in [0.25, 0.3) is 0 Å². The van der Waals surface area contributed by atoms with Crippen LogP contribution in [-0.4, -0.2) is 36.0 Å². The highest BCUT2D eigenvalue weighted by atomic mass is 16.1. The Morgan fingerprint density at radius 1 is 1.31 bits per heavy atom. The number of hydrogen-bond acceptors (Lipinski definition) is 5. The van der Waals surface area contributed by atoms with Gasteiger partial charge in [0.15, 0.2) is 0 Å². The Morgan fingerprint density at radius 3 is 2.50 bits per heavy atom. The topological polar surface area (TPSA) is 78.9 Å². The Labute approximate surface area is 94.9 Å². The minimum Gasteiger partial charge on any atom is -0.370 e. The van der Waals surface area contributed by atoms with Crippen LogP contribution in [0.2, 0.25) is 0 Å². The van der Waals surface area contributed by atoms with Gasteiger partial charge in [-0.25, -0.2) is 9.97 Å². The van der Waals surface area contributed by atoms with Gasteiger partial charge in [-0.1, -0.05) is 0 Å². The first-order valence-electron chi connectivity index (χ1n) is 5.19. The number of likely N-dealkylation sites (N-methyl/N-ethyl adjacent to an activating group) is 1. The fourth-order valence-corrected chi connectivity index (χ4v) is 1.23. The average molecular weight is 223 g/mol. The summed E-state index contributed by atoms with van der Waals surface area (Å²) in [6.45, 7) is 4.91. The third-order valence-electron chi connectivity index (χ3n) is 2.12. The smallest absolute Gasteiger partial charge is 0.239 e. The molecule has 0 fully saturated rings. The molecule has 88 valence electrons. The molecule has 1 heterocycles. The van der Waals surface area contributed by atoms with Gasteiger partial charge < -0.3 is 16.0 Å². The van der Waals surface area contributed by atoms with E-state index in [-0.39, 0.29) is 12.5 Å². The van der Waals surface area contributed by atoms with Crippen molar-refractivity contribution in [1.29, 1.82) is 0 Å². The lowest BCUT2D eigenvalue weighted by molar-refractivity contribution is -0.118. The molecule has 0 radical (unpaired) electrons. The number of carbonyl (C=O) groups is 1. The number of nitrogens with zero attached hydrogens (tertiary/aromatic N) is 2. The van der Waals surface area contributed by atoms with Crippen LogP contribution < -0.4 is 16.0 Å². The second-order valence-electron chi connectivity index (χ2n) is 3.25. The lowest BCUT2D eigenvalue weighted by atomic mass is 10.3. The molecule has 1 aromatic heterocycles. The van der Waals surface area contributed by atoms with Gasteiger partial charge in [0.1, 0.15) is 18.0 Å². The summed E-state index contributed by atoms with van der Waals surface area (Å²) in [6.07, 6.45) is 1.47. The zero-order chi connectivity index (χ0) is 12.0. The average Bonchev–Trinajstić information content (AvgIpc) is 2.30. The molecule has 0 saturated heterocycles. The maximum absolute atomic E-state index is 11.1. The molecule has 16 heavy (non-hydrogen) atoms. The summed E-state index contributed by atoms with van der Waals surface area (Å²) in [6, 6.07) is 0. The van der Waals surface area contributed by atoms with Crippen LogP contribution in [0, 0.1) is 6.92 Å². The molecule has 0 aliphatic heterocycles. The first kappa shape index (κ1) is 12.2. The lowest BCUT2D eigenvalue weighted by Crippen LogP contribution is -2.26. The highest BCUT2D eigenvalue weighted by molar-refractivity contribution is 5.80. The van der Waals surface area contributed by atoms with Crippen LogP contribution >= 0.6 is 0 Å². The number of carbonyl (C=O) groups excluding carboxylic acids is 1. The van der Waals surface area contributed by atoms with Crippen LogP contribution in [0.1, 0.15) is 12.5 Å². The van der Waals surface area contributed by atoms with Crippen molar-refractivity contribution in [1.82, 2.24) is 15.3 Å². The molecule has 3 N–H and O–H groups in total. The Morgan fingerprint density at radius 2 is 1.94 bits per heavy atom. The number of aromatic nitrogens is 2. The highest BCUT2D eigenvalue weighted by Crippen LogP contribution is 2.17. The Balaban J connectivity index is 2.72. The first-order chi connectivity index (χ1) is 7.69. The molecule has 0 spiro atoms. The second kappa shape index (κ2) is 5.89.